The molecule has 0 atom stereocenters. The van der Waals surface area contributed by atoms with Crippen molar-refractivity contribution in [2.24, 2.45) is 0 Å². The molecule has 4 nitrogen and oxygen atoms in total. The summed E-state index contributed by atoms with van der Waals surface area (Å²) in [5, 5.41) is 4.41. The van der Waals surface area contributed by atoms with Gasteiger partial charge in [-0.1, -0.05) is 36.8 Å². The lowest BCUT2D eigenvalue weighted by molar-refractivity contribution is 0.676. The second kappa shape index (κ2) is 4.99. The lowest BCUT2D eigenvalue weighted by atomic mass is 10.1. The minimum Gasteiger partial charge on any atom is -0.368 e. The Balaban J connectivity index is 2.18. The molecule has 2 aromatic rings. The Bertz CT molecular complexity index is 502. The fourth-order valence-corrected chi connectivity index (χ4v) is 1.83. The van der Waals surface area contributed by atoms with Gasteiger partial charge in [0.05, 0.1) is 6.54 Å². The van der Waals surface area contributed by atoms with Gasteiger partial charge in [0, 0.05) is 6.42 Å². The van der Waals surface area contributed by atoms with E-state index in [2.05, 4.69) is 42.1 Å². The number of nitrogen functional groups attached to an aromatic ring is 1. The maximum absolute atomic E-state index is 5.85. The lowest BCUT2D eigenvalue weighted by Crippen LogP contribution is -2.06. The molecule has 0 bridgehead atoms. The van der Waals surface area contributed by atoms with Crippen LogP contribution in [0.2, 0.25) is 0 Å². The van der Waals surface area contributed by atoms with Gasteiger partial charge in [-0.15, -0.1) is 0 Å². The Kier molecular flexibility index (Phi) is 3.42. The van der Waals surface area contributed by atoms with Gasteiger partial charge in [-0.3, -0.25) is 0 Å². The molecule has 0 spiro atoms. The van der Waals surface area contributed by atoms with E-state index in [1.807, 2.05) is 6.07 Å². The number of rotatable bonds is 4. The highest BCUT2D eigenvalue weighted by molar-refractivity contribution is 5.24. The number of hydrogen-bond donors (Lipinski definition) is 1. The molecule has 1 heterocycles. The van der Waals surface area contributed by atoms with Crippen LogP contribution in [0.4, 0.5) is 5.95 Å². The van der Waals surface area contributed by atoms with Crippen LogP contribution in [0, 0.1) is 6.92 Å². The Hall–Kier alpha value is -1.84. The van der Waals surface area contributed by atoms with E-state index in [9.17, 15) is 0 Å². The molecule has 0 radical (unpaired) electrons. The number of nitrogens with two attached hydrogens (primary N) is 1. The number of hydrogen-bond acceptors (Lipinski definition) is 3. The average molecular weight is 230 g/mol. The van der Waals surface area contributed by atoms with Crippen LogP contribution in [0.25, 0.3) is 0 Å². The fourth-order valence-electron chi connectivity index (χ4n) is 1.83. The zero-order valence-corrected chi connectivity index (χ0v) is 10.3. The summed E-state index contributed by atoms with van der Waals surface area (Å²) in [6.45, 7) is 4.87. The first-order valence-corrected chi connectivity index (χ1v) is 5.93. The summed E-state index contributed by atoms with van der Waals surface area (Å²) in [5.41, 5.74) is 8.29. The van der Waals surface area contributed by atoms with Crippen molar-refractivity contribution in [3.63, 3.8) is 0 Å². The van der Waals surface area contributed by atoms with Crippen LogP contribution < -0.4 is 5.73 Å². The molecule has 0 amide bonds. The molecule has 0 unspecified atom stereocenters. The molecular weight excluding hydrogens is 212 g/mol. The van der Waals surface area contributed by atoms with Crippen LogP contribution >= 0.6 is 0 Å². The van der Waals surface area contributed by atoms with Crippen LogP contribution in [0.1, 0.15) is 30.3 Å². The molecule has 2 rings (SSSR count). The molecule has 1 aromatic heterocycles. The van der Waals surface area contributed by atoms with E-state index in [4.69, 9.17) is 5.73 Å². The third-order valence-electron chi connectivity index (χ3n) is 2.63. The first kappa shape index (κ1) is 11.6. The van der Waals surface area contributed by atoms with Crippen LogP contribution in [0.15, 0.2) is 24.3 Å². The minimum atomic E-state index is 0.495. The van der Waals surface area contributed by atoms with Gasteiger partial charge >= 0.3 is 0 Å². The van der Waals surface area contributed by atoms with E-state index >= 15 is 0 Å². The molecule has 0 saturated carbocycles. The maximum atomic E-state index is 5.85. The molecule has 0 fully saturated rings. The van der Waals surface area contributed by atoms with Crippen LogP contribution in [0.5, 0.6) is 0 Å². The van der Waals surface area contributed by atoms with Crippen molar-refractivity contribution in [3.8, 4) is 0 Å². The normalized spacial score (nSPS) is 10.7. The summed E-state index contributed by atoms with van der Waals surface area (Å²) >= 11 is 0. The summed E-state index contributed by atoms with van der Waals surface area (Å²) in [5.74, 6) is 1.33. The Morgan fingerprint density at radius 1 is 1.35 bits per heavy atom. The summed E-state index contributed by atoms with van der Waals surface area (Å²) in [6.07, 6.45) is 1.92. The first-order chi connectivity index (χ1) is 8.19. The summed E-state index contributed by atoms with van der Waals surface area (Å²) in [4.78, 5) is 4.25. The second-order valence-electron chi connectivity index (χ2n) is 4.28. The first-order valence-electron chi connectivity index (χ1n) is 5.93. The molecule has 0 aliphatic heterocycles. The van der Waals surface area contributed by atoms with Crippen LogP contribution in [0.3, 0.4) is 0 Å². The van der Waals surface area contributed by atoms with Crippen molar-refractivity contribution >= 4 is 5.95 Å². The predicted octanol–water partition coefficient (Wildman–Crippen LogP) is 2.17. The van der Waals surface area contributed by atoms with Gasteiger partial charge in [0.25, 0.3) is 0 Å². The van der Waals surface area contributed by atoms with Gasteiger partial charge in [0.15, 0.2) is 5.82 Å². The molecule has 4 heteroatoms. The predicted molar refractivity (Wildman–Crippen MR) is 68.7 cm³/mol. The van der Waals surface area contributed by atoms with E-state index in [1.54, 1.807) is 4.68 Å². The van der Waals surface area contributed by atoms with E-state index in [-0.39, 0.29) is 0 Å². The highest BCUT2D eigenvalue weighted by atomic mass is 15.4. The summed E-state index contributed by atoms with van der Waals surface area (Å²) < 4.78 is 1.76. The fraction of sp³-hybridized carbons (Fsp3) is 0.385. The quantitative estimate of drug-likeness (QED) is 0.875. The maximum Gasteiger partial charge on any atom is 0.219 e. The van der Waals surface area contributed by atoms with Gasteiger partial charge in [0.1, 0.15) is 0 Å². The van der Waals surface area contributed by atoms with Crippen molar-refractivity contribution in [1.82, 2.24) is 14.8 Å². The monoisotopic (exact) mass is 230 g/mol. The largest absolute Gasteiger partial charge is 0.368 e. The number of aryl methyl sites for hydroxylation is 2. The summed E-state index contributed by atoms with van der Waals surface area (Å²) in [6, 6.07) is 8.34. The molecule has 0 saturated heterocycles. The van der Waals surface area contributed by atoms with Crippen LogP contribution in [-0.2, 0) is 13.0 Å². The van der Waals surface area contributed by atoms with Gasteiger partial charge in [-0.05, 0) is 18.9 Å². The van der Waals surface area contributed by atoms with Crippen molar-refractivity contribution in [2.75, 3.05) is 5.73 Å². The van der Waals surface area contributed by atoms with Crippen molar-refractivity contribution in [1.29, 1.82) is 0 Å². The second-order valence-corrected chi connectivity index (χ2v) is 4.28. The molecule has 0 aliphatic rings. The van der Waals surface area contributed by atoms with Gasteiger partial charge in [0.2, 0.25) is 5.95 Å². The topological polar surface area (TPSA) is 56.7 Å². The number of anilines is 1. The zero-order chi connectivity index (χ0) is 12.3. The lowest BCUT2D eigenvalue weighted by Gasteiger charge is -2.03. The smallest absolute Gasteiger partial charge is 0.219 e. The Morgan fingerprint density at radius 2 is 2.18 bits per heavy atom. The van der Waals surface area contributed by atoms with Gasteiger partial charge in [-0.25, -0.2) is 4.68 Å². The third kappa shape index (κ3) is 2.84. The summed E-state index contributed by atoms with van der Waals surface area (Å²) in [7, 11) is 0. The van der Waals surface area contributed by atoms with Crippen molar-refractivity contribution in [3.05, 3.63) is 41.2 Å². The SMILES string of the molecule is CCCc1nc(N)n(Cc2cccc(C)c2)n1. The van der Waals surface area contributed by atoms with E-state index in [1.165, 1.54) is 11.1 Å². The van der Waals surface area contributed by atoms with Gasteiger partial charge < -0.3 is 5.73 Å². The van der Waals surface area contributed by atoms with Crippen molar-refractivity contribution < 1.29 is 0 Å². The highest BCUT2D eigenvalue weighted by Crippen LogP contribution is 2.09. The molecule has 90 valence electrons. The zero-order valence-electron chi connectivity index (χ0n) is 10.3. The number of nitrogens with zero attached hydrogens (tertiary/aromatic N) is 3. The standard InChI is InChI=1S/C13H18N4/c1-3-5-12-15-13(14)17(16-12)9-11-7-4-6-10(2)8-11/h4,6-8H,3,5,9H2,1-2H3,(H2,14,15,16). The minimum absolute atomic E-state index is 0.495. The molecule has 17 heavy (non-hydrogen) atoms. The Morgan fingerprint density at radius 3 is 2.88 bits per heavy atom. The van der Waals surface area contributed by atoms with E-state index in [0.29, 0.717) is 12.5 Å². The third-order valence-corrected chi connectivity index (χ3v) is 2.63. The van der Waals surface area contributed by atoms with E-state index < -0.39 is 0 Å². The van der Waals surface area contributed by atoms with E-state index in [0.717, 1.165) is 18.7 Å². The van der Waals surface area contributed by atoms with Gasteiger partial charge in [-0.2, -0.15) is 10.1 Å². The Labute approximate surface area is 101 Å². The van der Waals surface area contributed by atoms with Crippen LogP contribution in [-0.4, -0.2) is 14.8 Å². The van der Waals surface area contributed by atoms with Crippen molar-refractivity contribution in [2.45, 2.75) is 33.2 Å². The average Bonchev–Trinajstić information content (AvgIpc) is 2.60. The molecule has 0 aliphatic carbocycles. The highest BCUT2D eigenvalue weighted by Gasteiger charge is 2.06. The molecule has 1 aromatic carbocycles. The number of aromatic nitrogens is 3. The molecular formula is C13H18N4. The molecule has 2 N–H and O–H groups in total. The number of benzene rings is 1.